The van der Waals surface area contributed by atoms with E-state index in [9.17, 15) is 8.42 Å². The van der Waals surface area contributed by atoms with Crippen LogP contribution in [0.4, 0.5) is 0 Å². The monoisotopic (exact) mass is 244 g/mol. The molecular formula is C11H13ClO2S. The van der Waals surface area contributed by atoms with Gasteiger partial charge in [0.05, 0.1) is 5.25 Å². The molecule has 1 fully saturated rings. The largest absolute Gasteiger partial charge is 0.229 e. The molecule has 0 heterocycles. The van der Waals surface area contributed by atoms with Crippen LogP contribution in [0.15, 0.2) is 24.3 Å². The predicted octanol–water partition coefficient (Wildman–Crippen LogP) is 2.63. The van der Waals surface area contributed by atoms with Gasteiger partial charge in [0.1, 0.15) is 0 Å². The van der Waals surface area contributed by atoms with E-state index in [1.165, 1.54) is 0 Å². The second-order valence-corrected chi connectivity index (χ2v) is 6.83. The van der Waals surface area contributed by atoms with Crippen molar-refractivity contribution in [3.8, 4) is 0 Å². The molecule has 2 rings (SSSR count). The van der Waals surface area contributed by atoms with Gasteiger partial charge in [-0.1, -0.05) is 30.7 Å². The summed E-state index contributed by atoms with van der Waals surface area (Å²) in [5.74, 6) is 0.392. The Bertz CT molecular complexity index is 467. The summed E-state index contributed by atoms with van der Waals surface area (Å²) < 4.78 is 23.2. The minimum absolute atomic E-state index is 0.161. The van der Waals surface area contributed by atoms with Crippen LogP contribution < -0.4 is 0 Å². The molecule has 2 atom stereocenters. The molecule has 82 valence electrons. The number of halogens is 1. The van der Waals surface area contributed by atoms with Gasteiger partial charge in [0.15, 0.2) is 9.84 Å². The van der Waals surface area contributed by atoms with Gasteiger partial charge < -0.3 is 0 Å². The maximum Gasteiger partial charge on any atom is 0.153 e. The van der Waals surface area contributed by atoms with E-state index >= 15 is 0 Å². The maximum absolute atomic E-state index is 11.6. The smallest absolute Gasteiger partial charge is 0.153 e. The highest BCUT2D eigenvalue weighted by Crippen LogP contribution is 2.46. The molecule has 0 amide bonds. The third kappa shape index (κ3) is 2.18. The van der Waals surface area contributed by atoms with E-state index in [1.54, 1.807) is 13.0 Å². The van der Waals surface area contributed by atoms with Gasteiger partial charge in [-0.15, -0.1) is 0 Å². The molecule has 1 aromatic rings. The Morgan fingerprint density at radius 3 is 2.80 bits per heavy atom. The van der Waals surface area contributed by atoms with Crippen LogP contribution in [0.1, 0.15) is 24.8 Å². The van der Waals surface area contributed by atoms with Crippen LogP contribution in [-0.2, 0) is 9.84 Å². The van der Waals surface area contributed by atoms with Crippen LogP contribution >= 0.6 is 11.6 Å². The summed E-state index contributed by atoms with van der Waals surface area (Å²) in [6, 6.07) is 7.47. The van der Waals surface area contributed by atoms with E-state index in [2.05, 4.69) is 0 Å². The summed E-state index contributed by atoms with van der Waals surface area (Å²) in [4.78, 5) is 0. The fourth-order valence-corrected chi connectivity index (χ4v) is 3.66. The quantitative estimate of drug-likeness (QED) is 0.819. The van der Waals surface area contributed by atoms with Crippen molar-refractivity contribution in [2.45, 2.75) is 24.5 Å². The van der Waals surface area contributed by atoms with Gasteiger partial charge in [-0.2, -0.15) is 0 Å². The lowest BCUT2D eigenvalue weighted by molar-refractivity contribution is 0.595. The summed E-state index contributed by atoms with van der Waals surface area (Å²) in [6.07, 6.45) is 0.747. The Morgan fingerprint density at radius 1 is 1.47 bits per heavy atom. The highest BCUT2D eigenvalue weighted by molar-refractivity contribution is 7.92. The fraction of sp³-hybridized carbons (Fsp3) is 0.455. The third-order valence-corrected chi connectivity index (χ3v) is 5.36. The summed E-state index contributed by atoms with van der Waals surface area (Å²) in [5, 5.41) is 0.494. The molecule has 0 aromatic heterocycles. The molecule has 1 aromatic carbocycles. The van der Waals surface area contributed by atoms with Crippen LogP contribution in [0.3, 0.4) is 0 Å². The van der Waals surface area contributed by atoms with Crippen molar-refractivity contribution in [2.24, 2.45) is 0 Å². The molecule has 0 radical (unpaired) electrons. The van der Waals surface area contributed by atoms with Crippen molar-refractivity contribution in [1.29, 1.82) is 0 Å². The molecule has 0 bridgehead atoms. The zero-order valence-corrected chi connectivity index (χ0v) is 10.1. The van der Waals surface area contributed by atoms with Crippen molar-refractivity contribution in [3.63, 3.8) is 0 Å². The fourth-order valence-electron chi connectivity index (χ4n) is 1.87. The molecule has 1 aliphatic carbocycles. The first-order chi connectivity index (χ1) is 7.04. The van der Waals surface area contributed by atoms with Gasteiger partial charge in [0.25, 0.3) is 0 Å². The van der Waals surface area contributed by atoms with Gasteiger partial charge in [-0.25, -0.2) is 8.42 Å². The lowest BCUT2D eigenvalue weighted by Gasteiger charge is -2.01. The van der Waals surface area contributed by atoms with Gasteiger partial charge in [-0.3, -0.25) is 0 Å². The molecule has 0 unspecified atom stereocenters. The second-order valence-electron chi connectivity index (χ2n) is 3.89. The highest BCUT2D eigenvalue weighted by atomic mass is 35.5. The SMILES string of the molecule is CCS(=O)(=O)[C@H]1C[C@H]1c1cccc(Cl)c1. The normalized spacial score (nSPS) is 25.2. The first kappa shape index (κ1) is 11.0. The topological polar surface area (TPSA) is 34.1 Å². The van der Waals surface area contributed by atoms with Crippen LogP contribution in [0, 0.1) is 0 Å². The molecule has 1 saturated carbocycles. The molecule has 1 aliphatic rings. The lowest BCUT2D eigenvalue weighted by atomic mass is 10.1. The third-order valence-electron chi connectivity index (χ3n) is 2.87. The second kappa shape index (κ2) is 3.80. The molecule has 2 nitrogen and oxygen atoms in total. The Balaban J connectivity index is 2.18. The summed E-state index contributed by atoms with van der Waals surface area (Å²) >= 11 is 5.86. The van der Waals surface area contributed by atoms with Crippen molar-refractivity contribution < 1.29 is 8.42 Å². The highest BCUT2D eigenvalue weighted by Gasteiger charge is 2.46. The van der Waals surface area contributed by atoms with Crippen LogP contribution in [-0.4, -0.2) is 19.4 Å². The van der Waals surface area contributed by atoms with Gasteiger partial charge in [-0.05, 0) is 24.1 Å². The summed E-state index contributed by atoms with van der Waals surface area (Å²) in [5.41, 5.74) is 1.05. The molecule has 15 heavy (non-hydrogen) atoms. The number of sulfone groups is 1. The standard InChI is InChI=1S/C11H13ClO2S/c1-2-15(13,14)11-7-10(11)8-4-3-5-9(12)6-8/h3-6,10-11H,2,7H2,1H3/t10-,11-/m0/s1. The molecule has 0 N–H and O–H groups in total. The summed E-state index contributed by atoms with van der Waals surface area (Å²) in [7, 11) is -2.88. The minimum atomic E-state index is -2.88. The average Bonchev–Trinajstić information content (AvgIpc) is 2.98. The zero-order valence-electron chi connectivity index (χ0n) is 8.48. The summed E-state index contributed by atoms with van der Waals surface area (Å²) in [6.45, 7) is 1.70. The van der Waals surface area contributed by atoms with E-state index in [1.807, 2.05) is 18.2 Å². The number of rotatable bonds is 3. The maximum atomic E-state index is 11.6. The molecule has 4 heteroatoms. The van der Waals surface area contributed by atoms with Crippen molar-refractivity contribution in [1.82, 2.24) is 0 Å². The number of hydrogen-bond donors (Lipinski definition) is 0. The van der Waals surface area contributed by atoms with Gasteiger partial charge >= 0.3 is 0 Å². The average molecular weight is 245 g/mol. The van der Waals surface area contributed by atoms with E-state index in [4.69, 9.17) is 11.6 Å². The first-order valence-electron chi connectivity index (χ1n) is 5.01. The van der Waals surface area contributed by atoms with Gasteiger partial charge in [0, 0.05) is 16.7 Å². The Kier molecular flexibility index (Phi) is 2.77. The van der Waals surface area contributed by atoms with Crippen molar-refractivity contribution >= 4 is 21.4 Å². The van der Waals surface area contributed by atoms with Gasteiger partial charge in [0.2, 0.25) is 0 Å². The number of benzene rings is 1. The Morgan fingerprint density at radius 2 is 2.20 bits per heavy atom. The Labute approximate surface area is 95.2 Å². The molecule has 0 spiro atoms. The van der Waals surface area contributed by atoms with E-state index < -0.39 is 9.84 Å². The predicted molar refractivity (Wildman–Crippen MR) is 62.1 cm³/mol. The van der Waals surface area contributed by atoms with E-state index in [-0.39, 0.29) is 16.9 Å². The van der Waals surface area contributed by atoms with Crippen LogP contribution in [0.5, 0.6) is 0 Å². The van der Waals surface area contributed by atoms with Crippen LogP contribution in [0.2, 0.25) is 5.02 Å². The zero-order chi connectivity index (χ0) is 11.1. The van der Waals surface area contributed by atoms with Crippen LogP contribution in [0.25, 0.3) is 0 Å². The minimum Gasteiger partial charge on any atom is -0.229 e. The Hall–Kier alpha value is -0.540. The van der Waals surface area contributed by atoms with Crippen molar-refractivity contribution in [3.05, 3.63) is 34.9 Å². The van der Waals surface area contributed by atoms with Crippen molar-refractivity contribution in [2.75, 3.05) is 5.75 Å². The van der Waals surface area contributed by atoms with E-state index in [0.717, 1.165) is 12.0 Å². The first-order valence-corrected chi connectivity index (χ1v) is 7.11. The molecule has 0 saturated heterocycles. The molecule has 0 aliphatic heterocycles. The lowest BCUT2D eigenvalue weighted by Crippen LogP contribution is -2.10. The molecular weight excluding hydrogens is 232 g/mol. The van der Waals surface area contributed by atoms with E-state index in [0.29, 0.717) is 5.02 Å². The number of hydrogen-bond acceptors (Lipinski definition) is 2.